The number of hydrogen-bond donors (Lipinski definition) is 1. The van der Waals surface area contributed by atoms with E-state index in [0.717, 1.165) is 55.2 Å². The summed E-state index contributed by atoms with van der Waals surface area (Å²) in [6.45, 7) is 4.96. The molecule has 0 amide bonds. The molecule has 1 atom stereocenters. The summed E-state index contributed by atoms with van der Waals surface area (Å²) in [5, 5.41) is 11.4. The number of hydrogen-bond acceptors (Lipinski definition) is 5. The minimum atomic E-state index is -4.37. The number of pyridine rings is 1. The molecule has 3 heterocycles. The van der Waals surface area contributed by atoms with Crippen LogP contribution in [0, 0.1) is 0 Å². The van der Waals surface area contributed by atoms with Gasteiger partial charge in [0.2, 0.25) is 0 Å². The molecule has 0 aromatic carbocycles. The first-order valence-electron chi connectivity index (χ1n) is 9.71. The highest BCUT2D eigenvalue weighted by molar-refractivity contribution is 5.73. The number of aromatic amines is 1. The molecule has 6 nitrogen and oxygen atoms in total. The average molecular weight is 404 g/mol. The van der Waals surface area contributed by atoms with Crippen LogP contribution < -0.4 is 4.90 Å². The van der Waals surface area contributed by atoms with Gasteiger partial charge in [0.25, 0.3) is 0 Å². The van der Waals surface area contributed by atoms with Gasteiger partial charge in [-0.1, -0.05) is 18.2 Å². The van der Waals surface area contributed by atoms with Gasteiger partial charge in [0.05, 0.1) is 5.56 Å². The van der Waals surface area contributed by atoms with Crippen LogP contribution in [0.5, 0.6) is 0 Å². The monoisotopic (exact) mass is 404 g/mol. The summed E-state index contributed by atoms with van der Waals surface area (Å²) < 4.78 is 38.3. The molecule has 0 saturated carbocycles. The number of anilines is 1. The molecular formula is C20H23F3N6. The molecule has 1 aliphatic carbocycles. The van der Waals surface area contributed by atoms with Gasteiger partial charge in [-0.25, -0.2) is 4.98 Å². The van der Waals surface area contributed by atoms with Crippen LogP contribution >= 0.6 is 0 Å². The van der Waals surface area contributed by atoms with Gasteiger partial charge < -0.3 is 4.90 Å². The Bertz CT molecular complexity index is 900. The van der Waals surface area contributed by atoms with E-state index in [1.165, 1.54) is 6.07 Å². The van der Waals surface area contributed by atoms with E-state index in [-0.39, 0.29) is 6.04 Å². The predicted molar refractivity (Wildman–Crippen MR) is 104 cm³/mol. The predicted octanol–water partition coefficient (Wildman–Crippen LogP) is 3.66. The molecule has 154 valence electrons. The average Bonchev–Trinajstić information content (AvgIpc) is 3.16. The first kappa shape index (κ1) is 19.6. The lowest BCUT2D eigenvalue weighted by molar-refractivity contribution is -0.137. The lowest BCUT2D eigenvalue weighted by atomic mass is 10.0. The van der Waals surface area contributed by atoms with Crippen molar-refractivity contribution in [2.24, 2.45) is 0 Å². The highest BCUT2D eigenvalue weighted by atomic mass is 19.4. The van der Waals surface area contributed by atoms with Gasteiger partial charge in [-0.15, -0.1) is 0 Å². The molecule has 1 N–H and O–H groups in total. The van der Waals surface area contributed by atoms with Gasteiger partial charge in [-0.05, 0) is 37.5 Å². The largest absolute Gasteiger partial charge is 0.417 e. The SMILES string of the molecule is C[C@@H]1CN(Cc2n[nH]nc2C2=CCCC=C2)CCN1c1ccc(C(F)(F)F)cn1. The van der Waals surface area contributed by atoms with E-state index in [0.29, 0.717) is 18.9 Å². The van der Waals surface area contributed by atoms with Crippen molar-refractivity contribution in [3.63, 3.8) is 0 Å². The van der Waals surface area contributed by atoms with Crippen molar-refractivity contribution in [1.82, 2.24) is 25.3 Å². The molecule has 2 aromatic rings. The second kappa shape index (κ2) is 7.98. The Morgan fingerprint density at radius 2 is 2.03 bits per heavy atom. The van der Waals surface area contributed by atoms with Gasteiger partial charge >= 0.3 is 6.18 Å². The van der Waals surface area contributed by atoms with E-state index < -0.39 is 11.7 Å². The van der Waals surface area contributed by atoms with E-state index in [4.69, 9.17) is 0 Å². The van der Waals surface area contributed by atoms with Crippen LogP contribution in [0.1, 0.15) is 36.7 Å². The van der Waals surface area contributed by atoms with E-state index in [9.17, 15) is 13.2 Å². The van der Waals surface area contributed by atoms with Crippen LogP contribution in [-0.4, -0.2) is 51.0 Å². The van der Waals surface area contributed by atoms with Crippen LogP contribution in [0.2, 0.25) is 0 Å². The van der Waals surface area contributed by atoms with E-state index >= 15 is 0 Å². The smallest absolute Gasteiger partial charge is 0.351 e. The molecule has 2 aliphatic rings. The maximum absolute atomic E-state index is 12.8. The number of alkyl halides is 3. The normalized spacial score (nSPS) is 20.8. The third-order valence-electron chi connectivity index (χ3n) is 5.34. The van der Waals surface area contributed by atoms with Crippen LogP contribution in [0.3, 0.4) is 0 Å². The van der Waals surface area contributed by atoms with Crippen LogP contribution in [0.25, 0.3) is 5.57 Å². The third kappa shape index (κ3) is 4.34. The highest BCUT2D eigenvalue weighted by Gasteiger charge is 2.32. The number of aromatic nitrogens is 4. The highest BCUT2D eigenvalue weighted by Crippen LogP contribution is 2.30. The number of piperazine rings is 1. The van der Waals surface area contributed by atoms with Crippen molar-refractivity contribution in [2.75, 3.05) is 24.5 Å². The molecule has 0 spiro atoms. The molecule has 0 radical (unpaired) electrons. The summed E-state index contributed by atoms with van der Waals surface area (Å²) in [5.41, 5.74) is 2.18. The van der Waals surface area contributed by atoms with Crippen molar-refractivity contribution < 1.29 is 13.2 Å². The number of H-pyrrole nitrogens is 1. The zero-order valence-electron chi connectivity index (χ0n) is 16.2. The molecule has 2 aromatic heterocycles. The Kier molecular flexibility index (Phi) is 5.40. The maximum Gasteiger partial charge on any atom is 0.417 e. The Morgan fingerprint density at radius 1 is 1.17 bits per heavy atom. The van der Waals surface area contributed by atoms with Crippen molar-refractivity contribution in [2.45, 2.75) is 38.5 Å². The number of nitrogens with zero attached hydrogens (tertiary/aromatic N) is 5. The fourth-order valence-corrected chi connectivity index (χ4v) is 3.84. The Balaban J connectivity index is 1.41. The van der Waals surface area contributed by atoms with Gasteiger partial charge in [0.1, 0.15) is 17.2 Å². The fourth-order valence-electron chi connectivity index (χ4n) is 3.84. The van der Waals surface area contributed by atoms with Crippen LogP contribution in [-0.2, 0) is 12.7 Å². The zero-order chi connectivity index (χ0) is 20.4. The molecule has 4 rings (SSSR count). The van der Waals surface area contributed by atoms with Crippen molar-refractivity contribution >= 4 is 11.4 Å². The minimum absolute atomic E-state index is 0.122. The minimum Gasteiger partial charge on any atom is -0.351 e. The van der Waals surface area contributed by atoms with Crippen LogP contribution in [0.4, 0.5) is 19.0 Å². The van der Waals surface area contributed by atoms with Gasteiger partial charge in [-0.3, -0.25) is 4.90 Å². The van der Waals surface area contributed by atoms with Crippen LogP contribution in [0.15, 0.2) is 36.6 Å². The van der Waals surface area contributed by atoms with Crippen molar-refractivity contribution in [1.29, 1.82) is 0 Å². The lowest BCUT2D eigenvalue weighted by Gasteiger charge is -2.40. The van der Waals surface area contributed by atoms with E-state index in [2.05, 4.69) is 50.4 Å². The number of rotatable bonds is 4. The lowest BCUT2D eigenvalue weighted by Crippen LogP contribution is -2.52. The second-order valence-corrected chi connectivity index (χ2v) is 7.44. The fraction of sp³-hybridized carbons (Fsp3) is 0.450. The summed E-state index contributed by atoms with van der Waals surface area (Å²) in [6.07, 6.45) is 5.00. The Morgan fingerprint density at radius 3 is 2.69 bits per heavy atom. The second-order valence-electron chi connectivity index (χ2n) is 7.44. The quantitative estimate of drug-likeness (QED) is 0.843. The summed E-state index contributed by atoms with van der Waals surface area (Å²) >= 11 is 0. The topological polar surface area (TPSA) is 60.9 Å². The molecule has 29 heavy (non-hydrogen) atoms. The molecule has 1 saturated heterocycles. The first-order valence-corrected chi connectivity index (χ1v) is 9.71. The number of halogens is 3. The summed E-state index contributed by atoms with van der Waals surface area (Å²) in [4.78, 5) is 8.38. The van der Waals surface area contributed by atoms with Gasteiger partial charge in [-0.2, -0.15) is 28.6 Å². The number of nitrogens with one attached hydrogen (secondary N) is 1. The summed E-state index contributed by atoms with van der Waals surface area (Å²) in [5.74, 6) is 0.574. The van der Waals surface area contributed by atoms with Gasteiger partial charge in [0.15, 0.2) is 0 Å². The Labute approximate surface area is 167 Å². The van der Waals surface area contributed by atoms with Crippen molar-refractivity contribution in [3.05, 3.63) is 53.5 Å². The van der Waals surface area contributed by atoms with Crippen molar-refractivity contribution in [3.8, 4) is 0 Å². The molecule has 1 fully saturated rings. The molecule has 9 heteroatoms. The molecular weight excluding hydrogens is 381 g/mol. The van der Waals surface area contributed by atoms with E-state index in [1.807, 2.05) is 4.90 Å². The first-order chi connectivity index (χ1) is 13.9. The van der Waals surface area contributed by atoms with E-state index in [1.54, 1.807) is 0 Å². The Hall–Kier alpha value is -2.68. The molecule has 0 bridgehead atoms. The maximum atomic E-state index is 12.8. The third-order valence-corrected chi connectivity index (χ3v) is 5.34. The summed E-state index contributed by atoms with van der Waals surface area (Å²) in [7, 11) is 0. The van der Waals surface area contributed by atoms with Gasteiger partial charge in [0, 0.05) is 38.4 Å². The summed E-state index contributed by atoms with van der Waals surface area (Å²) in [6, 6.07) is 2.67. The standard InChI is InChI=1S/C20H23F3N6/c1-14-12-28(13-17-19(26-27-25-17)15-5-3-2-4-6-15)9-10-29(14)18-8-7-16(11-24-18)20(21,22)23/h3,5-8,11,14H,2,4,9-10,12-13H2,1H3,(H,25,26,27)/t14-/m1/s1. The molecule has 1 aliphatic heterocycles. The number of allylic oxidation sites excluding steroid dienone is 4. The molecule has 0 unspecified atom stereocenters. The zero-order valence-corrected chi connectivity index (χ0v) is 16.2.